The zero-order chi connectivity index (χ0) is 37.7. The number of carbonyl (C=O) groups excluding carboxylic acids is 4. The Labute approximate surface area is 303 Å². The van der Waals surface area contributed by atoms with Crippen LogP contribution in [0, 0.1) is 19.3 Å². The number of aryl methyl sites for hydroxylation is 2. The fourth-order valence-corrected chi connectivity index (χ4v) is 4.87. The lowest BCUT2D eigenvalue weighted by atomic mass is 9.86. The largest absolute Gasteiger partial charge is 0.494 e. The van der Waals surface area contributed by atoms with E-state index in [1.54, 1.807) is 69.3 Å². The third-order valence-corrected chi connectivity index (χ3v) is 7.37. The number of para-hydroxylation sites is 2. The molecule has 0 aliphatic carbocycles. The second-order valence-electron chi connectivity index (χ2n) is 12.5. The van der Waals surface area contributed by atoms with Crippen LogP contribution in [0.2, 0.25) is 5.02 Å². The minimum Gasteiger partial charge on any atom is -0.494 e. The molecule has 12 heteroatoms. The summed E-state index contributed by atoms with van der Waals surface area (Å²) in [5, 5.41) is 13.7. The summed E-state index contributed by atoms with van der Waals surface area (Å²) in [4.78, 5) is 48.2. The molecule has 11 nitrogen and oxygen atoms in total. The Morgan fingerprint density at radius 1 is 0.863 bits per heavy atom. The number of rotatable bonds is 8. The van der Waals surface area contributed by atoms with E-state index in [2.05, 4.69) is 46.9 Å². The van der Waals surface area contributed by atoms with Crippen LogP contribution in [0.15, 0.2) is 91.0 Å². The highest BCUT2D eigenvalue weighted by molar-refractivity contribution is 6.34. The lowest BCUT2D eigenvalue weighted by molar-refractivity contribution is -0.136. The van der Waals surface area contributed by atoms with Crippen LogP contribution in [0.3, 0.4) is 0 Å². The van der Waals surface area contributed by atoms with Crippen LogP contribution < -0.4 is 20.1 Å². The fraction of sp³-hybridized carbons (Fsp3) is 0.282. The predicted molar refractivity (Wildman–Crippen MR) is 200 cm³/mol. The average Bonchev–Trinajstić information content (AvgIpc) is 3.48. The second-order valence-corrected chi connectivity index (χ2v) is 12.9. The molecule has 1 heterocycles. The number of nitrogens with zero attached hydrogens (tertiary/aromatic N) is 3. The van der Waals surface area contributed by atoms with Gasteiger partial charge in [0.2, 0.25) is 5.91 Å². The highest BCUT2D eigenvalue weighted by atomic mass is 35.5. The molecule has 0 saturated heterocycles. The minimum atomic E-state index is -1.25. The van der Waals surface area contributed by atoms with Crippen molar-refractivity contribution in [1.29, 1.82) is 0 Å². The van der Waals surface area contributed by atoms with Gasteiger partial charge in [-0.2, -0.15) is 0 Å². The molecule has 1 atom stereocenters. The van der Waals surface area contributed by atoms with E-state index in [4.69, 9.17) is 21.1 Å². The van der Waals surface area contributed by atoms with Gasteiger partial charge in [-0.3, -0.25) is 19.2 Å². The van der Waals surface area contributed by atoms with Gasteiger partial charge in [0.05, 0.1) is 22.8 Å². The van der Waals surface area contributed by atoms with Gasteiger partial charge in [-0.05, 0) is 74.9 Å². The number of fused-ring (bicyclic) bond motifs is 1. The summed E-state index contributed by atoms with van der Waals surface area (Å²) in [6, 6.07) is 25.7. The number of nitrogens with one attached hydrogen (secondary N) is 2. The van der Waals surface area contributed by atoms with E-state index in [0.29, 0.717) is 22.5 Å². The van der Waals surface area contributed by atoms with Crippen LogP contribution >= 0.6 is 11.6 Å². The summed E-state index contributed by atoms with van der Waals surface area (Å²) >= 11 is 6.22. The van der Waals surface area contributed by atoms with E-state index in [0.717, 1.165) is 12.4 Å². The molecule has 0 spiro atoms. The van der Waals surface area contributed by atoms with E-state index in [1.807, 2.05) is 31.2 Å². The highest BCUT2D eigenvalue weighted by Crippen LogP contribution is 2.30. The molecule has 0 saturated carbocycles. The maximum Gasteiger partial charge on any atom is 0.308 e. The molecule has 0 bridgehead atoms. The van der Waals surface area contributed by atoms with E-state index < -0.39 is 17.4 Å². The maximum atomic E-state index is 13.3. The van der Waals surface area contributed by atoms with Crippen molar-refractivity contribution in [3.63, 3.8) is 0 Å². The van der Waals surface area contributed by atoms with Gasteiger partial charge in [-0.1, -0.05) is 85.6 Å². The number of ether oxygens (including phenoxy) is 2. The highest BCUT2D eigenvalue weighted by Gasteiger charge is 2.38. The first-order valence-corrected chi connectivity index (χ1v) is 16.6. The maximum absolute atomic E-state index is 13.3. The first-order chi connectivity index (χ1) is 24.1. The van der Waals surface area contributed by atoms with Crippen molar-refractivity contribution >= 4 is 57.6 Å². The number of aromatic nitrogens is 3. The van der Waals surface area contributed by atoms with Crippen molar-refractivity contribution < 1.29 is 28.7 Å². The first kappa shape index (κ1) is 39.9. The Hall–Kier alpha value is -5.55. The minimum absolute atomic E-state index is 0.260. The monoisotopic (exact) mass is 713 g/mol. The fourth-order valence-electron chi connectivity index (χ4n) is 4.70. The molecule has 0 radical (unpaired) electrons. The van der Waals surface area contributed by atoms with Crippen LogP contribution in [0.1, 0.15) is 58.7 Å². The van der Waals surface area contributed by atoms with Crippen molar-refractivity contribution in [2.75, 3.05) is 17.2 Å². The second kappa shape index (κ2) is 18.4. The number of amides is 2. The standard InChI is InChI=1S/C21H22ClN5O3.C10H14O.C8H8O2/c1-12(28)23-13-9-10-14(22)16(11-13)24-20(30)18(19(29)21(2,3)4)27-17-8-6-5-7-15(17)25-26-27;1-4-11-10-6-5-8(2)7-9(10)3;1-7(9)10-8-5-3-2-4-6-8/h5-11,18H,1-4H3,(H,23,28)(H,24,30);5-7H,4H2,1-3H3;2-6H,1H3. The number of anilines is 2. The quantitative estimate of drug-likeness (QED) is 0.0932. The van der Waals surface area contributed by atoms with Crippen LogP contribution in [0.25, 0.3) is 11.0 Å². The van der Waals surface area contributed by atoms with Crippen molar-refractivity contribution in [2.45, 2.75) is 61.4 Å². The molecule has 51 heavy (non-hydrogen) atoms. The smallest absolute Gasteiger partial charge is 0.308 e. The molecule has 2 amide bonds. The van der Waals surface area contributed by atoms with Gasteiger partial charge in [0.1, 0.15) is 17.0 Å². The number of ketones is 1. The molecule has 4 aromatic carbocycles. The van der Waals surface area contributed by atoms with E-state index in [9.17, 15) is 19.2 Å². The summed E-state index contributed by atoms with van der Waals surface area (Å²) in [5.41, 5.74) is 3.56. The van der Waals surface area contributed by atoms with Gasteiger partial charge < -0.3 is 20.1 Å². The number of esters is 1. The number of benzene rings is 4. The van der Waals surface area contributed by atoms with Crippen molar-refractivity contribution in [3.8, 4) is 11.5 Å². The number of carbonyl (C=O) groups is 4. The predicted octanol–water partition coefficient (Wildman–Crippen LogP) is 8.15. The number of Topliss-reactive ketones (excluding diaryl/α,β-unsaturated/α-hetero) is 1. The molecular formula is C39H44ClN5O6. The van der Waals surface area contributed by atoms with Crippen molar-refractivity contribution in [2.24, 2.45) is 5.41 Å². The molecule has 268 valence electrons. The zero-order valence-electron chi connectivity index (χ0n) is 30.1. The Kier molecular flexibility index (Phi) is 14.4. The van der Waals surface area contributed by atoms with E-state index in [-0.39, 0.29) is 28.4 Å². The van der Waals surface area contributed by atoms with Crippen molar-refractivity contribution in [3.05, 3.63) is 107 Å². The van der Waals surface area contributed by atoms with Gasteiger partial charge in [-0.15, -0.1) is 5.10 Å². The van der Waals surface area contributed by atoms with Gasteiger partial charge in [-0.25, -0.2) is 4.68 Å². The van der Waals surface area contributed by atoms with Gasteiger partial charge in [0.15, 0.2) is 11.8 Å². The van der Waals surface area contributed by atoms with Crippen molar-refractivity contribution in [1.82, 2.24) is 15.0 Å². The summed E-state index contributed by atoms with van der Waals surface area (Å²) in [6.45, 7) is 14.9. The third kappa shape index (κ3) is 12.1. The summed E-state index contributed by atoms with van der Waals surface area (Å²) in [7, 11) is 0. The van der Waals surface area contributed by atoms with E-state index >= 15 is 0 Å². The Balaban J connectivity index is 0.000000271. The van der Waals surface area contributed by atoms with Gasteiger partial charge >= 0.3 is 5.97 Å². The lowest BCUT2D eigenvalue weighted by Gasteiger charge is -2.24. The molecule has 2 N–H and O–H groups in total. The topological polar surface area (TPSA) is 142 Å². The van der Waals surface area contributed by atoms with Crippen LogP contribution in [0.4, 0.5) is 11.4 Å². The molecule has 1 aromatic heterocycles. The molecule has 1 unspecified atom stereocenters. The number of hydrogen-bond donors (Lipinski definition) is 2. The normalized spacial score (nSPS) is 11.2. The first-order valence-electron chi connectivity index (χ1n) is 16.3. The van der Waals surface area contributed by atoms with E-state index in [1.165, 1.54) is 35.7 Å². The summed E-state index contributed by atoms with van der Waals surface area (Å²) < 4.78 is 11.5. The molecule has 0 aliphatic rings. The number of hydrogen-bond acceptors (Lipinski definition) is 8. The van der Waals surface area contributed by atoms with Crippen LogP contribution in [-0.2, 0) is 19.2 Å². The Morgan fingerprint density at radius 2 is 1.53 bits per heavy atom. The van der Waals surface area contributed by atoms with Crippen LogP contribution in [-0.4, -0.2) is 45.2 Å². The Bertz CT molecular complexity index is 1970. The zero-order valence-corrected chi connectivity index (χ0v) is 30.9. The SMILES string of the molecule is CC(=O)Nc1ccc(Cl)c(NC(=O)C(C(=O)C(C)(C)C)n2nnc3ccccc32)c1.CC(=O)Oc1ccccc1.CCOc1ccc(C)cc1C. The molecule has 5 rings (SSSR count). The molecule has 5 aromatic rings. The Morgan fingerprint density at radius 3 is 2.14 bits per heavy atom. The lowest BCUT2D eigenvalue weighted by Crippen LogP contribution is -2.39. The molecular weight excluding hydrogens is 670 g/mol. The number of halogens is 1. The average molecular weight is 714 g/mol. The summed E-state index contributed by atoms with van der Waals surface area (Å²) in [5.74, 6) is 0.112. The van der Waals surface area contributed by atoms with Gasteiger partial charge in [0, 0.05) is 24.9 Å². The molecule has 0 aliphatic heterocycles. The summed E-state index contributed by atoms with van der Waals surface area (Å²) in [6.07, 6.45) is 0. The molecule has 0 fully saturated rings. The van der Waals surface area contributed by atoms with Crippen LogP contribution in [0.5, 0.6) is 11.5 Å². The van der Waals surface area contributed by atoms with Gasteiger partial charge in [0.25, 0.3) is 5.91 Å². The third-order valence-electron chi connectivity index (χ3n) is 7.04.